The van der Waals surface area contributed by atoms with Crippen molar-refractivity contribution in [2.75, 3.05) is 4.90 Å². The van der Waals surface area contributed by atoms with Gasteiger partial charge in [0.15, 0.2) is 5.11 Å². The molecule has 7 nitrogen and oxygen atoms in total. The molecule has 0 spiro atoms. The predicted octanol–water partition coefficient (Wildman–Crippen LogP) is 2.34. The zero-order valence-corrected chi connectivity index (χ0v) is 17.7. The summed E-state index contributed by atoms with van der Waals surface area (Å²) >= 11 is 17.4. The van der Waals surface area contributed by atoms with Crippen LogP contribution >= 0.6 is 35.4 Å². The fourth-order valence-corrected chi connectivity index (χ4v) is 3.26. The largest absolute Gasteiger partial charge is 0.546 e. The van der Waals surface area contributed by atoms with Crippen molar-refractivity contribution in [1.82, 2.24) is 5.32 Å². The second-order valence-electron chi connectivity index (χ2n) is 6.18. The fourth-order valence-electron chi connectivity index (χ4n) is 2.60. The highest BCUT2D eigenvalue weighted by molar-refractivity contribution is 7.80. The number of carbonyl (C=O) groups is 3. The van der Waals surface area contributed by atoms with Gasteiger partial charge in [-0.15, -0.1) is 0 Å². The van der Waals surface area contributed by atoms with Gasteiger partial charge in [-0.3, -0.25) is 19.8 Å². The number of nitrogens with one attached hydrogen (secondary N) is 1. The zero-order chi connectivity index (χ0) is 22.0. The summed E-state index contributed by atoms with van der Waals surface area (Å²) in [5.74, 6) is -2.38. The molecule has 0 radical (unpaired) electrons. The summed E-state index contributed by atoms with van der Waals surface area (Å²) in [7, 11) is 0. The van der Waals surface area contributed by atoms with Crippen molar-refractivity contribution in [3.05, 3.63) is 63.6 Å². The predicted molar refractivity (Wildman–Crippen MR) is 114 cm³/mol. The minimum Gasteiger partial charge on any atom is -0.546 e. The lowest BCUT2D eigenvalue weighted by molar-refractivity contribution is -0.312. The number of thiocarbonyl (C=S) groups is 1. The SMILES string of the molecule is C[C@@H](Oc1ccc(/C=C2/C(=O)NC(=S)N(c3cccc(Cl)c3Cl)C2=O)cc1)C(=O)[O-]. The Morgan fingerprint density at radius 3 is 2.50 bits per heavy atom. The molecule has 10 heteroatoms. The summed E-state index contributed by atoms with van der Waals surface area (Å²) in [5, 5.41) is 13.5. The van der Waals surface area contributed by atoms with E-state index < -0.39 is 23.9 Å². The van der Waals surface area contributed by atoms with Gasteiger partial charge in [0.2, 0.25) is 0 Å². The lowest BCUT2D eigenvalue weighted by Gasteiger charge is -2.29. The van der Waals surface area contributed by atoms with Crippen molar-refractivity contribution in [1.29, 1.82) is 0 Å². The first-order valence-corrected chi connectivity index (χ1v) is 9.68. The van der Waals surface area contributed by atoms with Crippen molar-refractivity contribution >= 4 is 70.1 Å². The van der Waals surface area contributed by atoms with Gasteiger partial charge in [-0.2, -0.15) is 0 Å². The Morgan fingerprint density at radius 1 is 1.20 bits per heavy atom. The Morgan fingerprint density at radius 2 is 1.87 bits per heavy atom. The van der Waals surface area contributed by atoms with Gasteiger partial charge in [0.25, 0.3) is 11.8 Å². The Kier molecular flexibility index (Phi) is 6.40. The summed E-state index contributed by atoms with van der Waals surface area (Å²) in [6.07, 6.45) is 0.244. The van der Waals surface area contributed by atoms with E-state index >= 15 is 0 Å². The first kappa shape index (κ1) is 21.8. The van der Waals surface area contributed by atoms with Crippen LogP contribution in [0, 0.1) is 0 Å². The molecule has 1 aliphatic heterocycles. The first-order valence-electron chi connectivity index (χ1n) is 8.52. The molecule has 1 heterocycles. The second-order valence-corrected chi connectivity index (χ2v) is 7.35. The van der Waals surface area contributed by atoms with E-state index in [0.29, 0.717) is 11.3 Å². The van der Waals surface area contributed by atoms with Crippen LogP contribution in [0.2, 0.25) is 10.0 Å². The summed E-state index contributed by atoms with van der Waals surface area (Å²) < 4.78 is 5.19. The van der Waals surface area contributed by atoms with E-state index in [9.17, 15) is 19.5 Å². The number of ether oxygens (including phenoxy) is 1. The van der Waals surface area contributed by atoms with Crippen LogP contribution in [0.15, 0.2) is 48.0 Å². The smallest absolute Gasteiger partial charge is 0.270 e. The highest BCUT2D eigenvalue weighted by Gasteiger charge is 2.35. The van der Waals surface area contributed by atoms with Gasteiger partial charge in [0.1, 0.15) is 17.4 Å². The molecule has 2 aromatic carbocycles. The summed E-state index contributed by atoms with van der Waals surface area (Å²) in [6.45, 7) is 1.34. The lowest BCUT2D eigenvalue weighted by Crippen LogP contribution is -2.54. The van der Waals surface area contributed by atoms with Crippen molar-refractivity contribution in [3.8, 4) is 5.75 Å². The van der Waals surface area contributed by atoms with Gasteiger partial charge in [-0.1, -0.05) is 41.4 Å². The number of anilines is 1. The van der Waals surface area contributed by atoms with E-state index in [-0.39, 0.29) is 26.4 Å². The third-order valence-electron chi connectivity index (χ3n) is 4.11. The van der Waals surface area contributed by atoms with Crippen molar-refractivity contribution in [3.63, 3.8) is 0 Å². The van der Waals surface area contributed by atoms with Crippen LogP contribution in [-0.4, -0.2) is 29.0 Å². The van der Waals surface area contributed by atoms with Crippen LogP contribution < -0.4 is 20.1 Å². The van der Waals surface area contributed by atoms with E-state index in [4.69, 9.17) is 40.2 Å². The number of hydrogen-bond acceptors (Lipinski definition) is 6. The van der Waals surface area contributed by atoms with Crippen LogP contribution in [0.5, 0.6) is 5.75 Å². The highest BCUT2D eigenvalue weighted by Crippen LogP contribution is 2.34. The molecule has 0 bridgehead atoms. The molecule has 1 fully saturated rings. The molecule has 1 atom stereocenters. The van der Waals surface area contributed by atoms with Crippen LogP contribution in [0.4, 0.5) is 5.69 Å². The fraction of sp³-hybridized carbons (Fsp3) is 0.100. The lowest BCUT2D eigenvalue weighted by atomic mass is 10.1. The quantitative estimate of drug-likeness (QED) is 0.415. The third-order valence-corrected chi connectivity index (χ3v) is 5.20. The minimum absolute atomic E-state index is 0.119. The number of benzene rings is 2. The van der Waals surface area contributed by atoms with Crippen molar-refractivity contribution in [2.45, 2.75) is 13.0 Å². The normalized spacial score (nSPS) is 16.4. The second kappa shape index (κ2) is 8.83. The molecule has 2 aromatic rings. The molecule has 3 rings (SSSR count). The first-order chi connectivity index (χ1) is 14.2. The summed E-state index contributed by atoms with van der Waals surface area (Å²) in [4.78, 5) is 37.2. The topological polar surface area (TPSA) is 98.8 Å². The number of nitrogens with zero attached hydrogens (tertiary/aromatic N) is 1. The Labute approximate surface area is 186 Å². The van der Waals surface area contributed by atoms with Gasteiger partial charge in [-0.05, 0) is 55.0 Å². The molecule has 154 valence electrons. The van der Waals surface area contributed by atoms with Crippen molar-refractivity contribution in [2.24, 2.45) is 0 Å². The minimum atomic E-state index is -1.35. The van der Waals surface area contributed by atoms with Gasteiger partial charge in [0, 0.05) is 0 Å². The van der Waals surface area contributed by atoms with Crippen LogP contribution in [0.3, 0.4) is 0 Å². The number of amides is 2. The number of carbonyl (C=O) groups excluding carboxylic acids is 3. The van der Waals surface area contributed by atoms with E-state index in [1.807, 2.05) is 0 Å². The molecule has 30 heavy (non-hydrogen) atoms. The third kappa shape index (κ3) is 4.46. The Bertz CT molecular complexity index is 1090. The summed E-state index contributed by atoms with van der Waals surface area (Å²) in [6, 6.07) is 10.9. The number of aliphatic carboxylic acids is 1. The summed E-state index contributed by atoms with van der Waals surface area (Å²) in [5.41, 5.74) is 0.577. The van der Waals surface area contributed by atoms with E-state index in [1.54, 1.807) is 30.3 Å². The number of carboxylic acid groups (broad SMARTS) is 1. The molecule has 2 amide bonds. The number of halogens is 2. The number of rotatable bonds is 5. The Balaban J connectivity index is 1.91. The van der Waals surface area contributed by atoms with Crippen LogP contribution in [0.1, 0.15) is 12.5 Å². The van der Waals surface area contributed by atoms with Gasteiger partial charge in [0.05, 0.1) is 21.7 Å². The maximum atomic E-state index is 13.0. The highest BCUT2D eigenvalue weighted by atomic mass is 35.5. The van der Waals surface area contributed by atoms with Gasteiger partial charge < -0.3 is 14.6 Å². The van der Waals surface area contributed by atoms with Crippen LogP contribution in [-0.2, 0) is 14.4 Å². The van der Waals surface area contributed by atoms with Crippen LogP contribution in [0.25, 0.3) is 6.08 Å². The molecule has 0 saturated carbocycles. The monoisotopic (exact) mass is 463 g/mol. The standard InChI is InChI=1S/C20H14Cl2N2O5S/c1-10(19(27)28)29-12-7-5-11(6-8-12)9-13-17(25)23-20(30)24(18(13)26)15-4-2-3-14(21)16(15)22/h2-10H,1H3,(H,27,28)(H,23,25,30)/p-1/b13-9-/t10-/m1/s1. The molecule has 1 saturated heterocycles. The molecular weight excluding hydrogens is 451 g/mol. The van der Waals surface area contributed by atoms with E-state index in [2.05, 4.69) is 5.32 Å². The maximum absolute atomic E-state index is 13.0. The van der Waals surface area contributed by atoms with Gasteiger partial charge in [-0.25, -0.2) is 0 Å². The molecule has 1 aliphatic rings. The average molecular weight is 464 g/mol. The maximum Gasteiger partial charge on any atom is 0.270 e. The van der Waals surface area contributed by atoms with E-state index in [0.717, 1.165) is 4.90 Å². The molecule has 1 N–H and O–H groups in total. The molecule has 0 aromatic heterocycles. The van der Waals surface area contributed by atoms with Crippen molar-refractivity contribution < 1.29 is 24.2 Å². The molecule has 0 aliphatic carbocycles. The zero-order valence-electron chi connectivity index (χ0n) is 15.3. The number of carboxylic acids is 1. The number of hydrogen-bond donors (Lipinski definition) is 1. The van der Waals surface area contributed by atoms with E-state index in [1.165, 1.54) is 25.1 Å². The van der Waals surface area contributed by atoms with Gasteiger partial charge >= 0.3 is 0 Å². The molecular formula is C20H13Cl2N2O5S-. The Hall–Kier alpha value is -2.94. The average Bonchev–Trinajstić information content (AvgIpc) is 2.69. The molecule has 0 unspecified atom stereocenters.